The van der Waals surface area contributed by atoms with Crippen molar-refractivity contribution in [2.45, 2.75) is 11.8 Å². The maximum Gasteiger partial charge on any atom is 0.337 e. The van der Waals surface area contributed by atoms with Crippen LogP contribution in [0.2, 0.25) is 0 Å². The van der Waals surface area contributed by atoms with E-state index in [9.17, 15) is 13.2 Å². The van der Waals surface area contributed by atoms with Gasteiger partial charge < -0.3 is 15.6 Å². The zero-order chi connectivity index (χ0) is 13.4. The Morgan fingerprint density at radius 2 is 2.00 bits per heavy atom. The quantitative estimate of drug-likeness (QED) is 0.651. The molecule has 8 heteroatoms. The van der Waals surface area contributed by atoms with Gasteiger partial charge in [-0.05, 0) is 18.6 Å². The first-order valence-electron chi connectivity index (χ1n) is 4.43. The van der Waals surface area contributed by atoms with Crippen molar-refractivity contribution in [3.63, 3.8) is 0 Å². The first-order valence-corrected chi connectivity index (χ1v) is 5.98. The topological polar surface area (TPSA) is 133 Å². The summed E-state index contributed by atoms with van der Waals surface area (Å²) in [4.78, 5) is 10.4. The molecule has 0 aromatic heterocycles. The van der Waals surface area contributed by atoms with E-state index < -0.39 is 26.5 Å². The largest absolute Gasteiger partial charge is 0.493 e. The molecule has 1 aromatic carbocycles. The van der Waals surface area contributed by atoms with Crippen molar-refractivity contribution >= 4 is 21.7 Å². The van der Waals surface area contributed by atoms with Crippen LogP contribution in [0.4, 0.5) is 5.69 Å². The van der Waals surface area contributed by atoms with Crippen LogP contribution in [0.1, 0.15) is 15.9 Å². The molecule has 0 atom stereocenters. The normalized spacial score (nSPS) is 11.2. The number of ether oxygens (including phenoxy) is 1. The van der Waals surface area contributed by atoms with Crippen LogP contribution in [0, 0.1) is 6.92 Å². The molecular weight excluding hydrogens is 248 g/mol. The second-order valence-corrected chi connectivity index (χ2v) is 4.87. The number of carboxylic acids is 1. The SMILES string of the molecule is COc1c(N)c(C)cc(C(=O)O)c1S(N)(=O)=O. The fourth-order valence-corrected chi connectivity index (χ4v) is 2.33. The van der Waals surface area contributed by atoms with Crippen molar-refractivity contribution in [3.8, 4) is 5.75 Å². The van der Waals surface area contributed by atoms with E-state index in [1.54, 1.807) is 0 Å². The molecule has 0 saturated heterocycles. The molecule has 0 aliphatic rings. The molecule has 0 bridgehead atoms. The summed E-state index contributed by atoms with van der Waals surface area (Å²) in [6.07, 6.45) is 0. The van der Waals surface area contributed by atoms with Crippen LogP contribution >= 0.6 is 0 Å². The molecule has 1 rings (SSSR count). The van der Waals surface area contributed by atoms with E-state index in [1.165, 1.54) is 14.0 Å². The highest BCUT2D eigenvalue weighted by Crippen LogP contribution is 2.35. The molecule has 5 N–H and O–H groups in total. The van der Waals surface area contributed by atoms with Crippen LogP contribution in [0.3, 0.4) is 0 Å². The molecule has 7 nitrogen and oxygen atoms in total. The molecule has 1 aromatic rings. The number of anilines is 1. The number of carbonyl (C=O) groups is 1. The third-order valence-electron chi connectivity index (χ3n) is 2.20. The Hall–Kier alpha value is -1.80. The van der Waals surface area contributed by atoms with E-state index in [-0.39, 0.29) is 11.4 Å². The number of methoxy groups -OCH3 is 1. The molecule has 17 heavy (non-hydrogen) atoms. The van der Waals surface area contributed by atoms with E-state index in [0.717, 1.165) is 6.07 Å². The summed E-state index contributed by atoms with van der Waals surface area (Å²) in [6.45, 7) is 1.54. The Labute approximate surface area is 98.0 Å². The summed E-state index contributed by atoms with van der Waals surface area (Å²) in [6, 6.07) is 1.14. The predicted octanol–water partition coefficient (Wildman–Crippen LogP) is -0.0686. The van der Waals surface area contributed by atoms with Crippen molar-refractivity contribution in [2.24, 2.45) is 5.14 Å². The first kappa shape index (κ1) is 13.3. The monoisotopic (exact) mass is 260 g/mol. The van der Waals surface area contributed by atoms with E-state index in [1.807, 2.05) is 0 Å². The minimum atomic E-state index is -4.25. The Bertz CT molecular complexity index is 580. The van der Waals surface area contributed by atoms with Gasteiger partial charge in [0.25, 0.3) is 0 Å². The number of benzene rings is 1. The summed E-state index contributed by atoms with van der Waals surface area (Å²) in [5, 5.41) is 13.9. The molecule has 0 unspecified atom stereocenters. The standard InChI is InChI=1S/C9H12N2O5S/c1-4-3-5(9(12)13)8(17(11,14)15)7(16-2)6(4)10/h3H,10H2,1-2H3,(H,12,13)(H2,11,14,15). The summed E-state index contributed by atoms with van der Waals surface area (Å²) in [7, 11) is -3.06. The molecule has 0 aliphatic carbocycles. The number of primary sulfonamides is 1. The van der Waals surface area contributed by atoms with Crippen LogP contribution < -0.4 is 15.6 Å². The lowest BCUT2D eigenvalue weighted by molar-refractivity contribution is 0.0692. The van der Waals surface area contributed by atoms with E-state index >= 15 is 0 Å². The Balaban J connectivity index is 3.87. The molecule has 0 saturated carbocycles. The van der Waals surface area contributed by atoms with Crippen LogP contribution in [-0.4, -0.2) is 26.6 Å². The smallest absolute Gasteiger partial charge is 0.337 e. The van der Waals surface area contributed by atoms with Crippen molar-refractivity contribution < 1.29 is 23.1 Å². The second kappa shape index (κ2) is 4.22. The number of carboxylic acid groups (broad SMARTS) is 1. The lowest BCUT2D eigenvalue weighted by Gasteiger charge is -2.14. The zero-order valence-corrected chi connectivity index (χ0v) is 10.0. The number of sulfonamides is 1. The summed E-state index contributed by atoms with van der Waals surface area (Å²) < 4.78 is 27.6. The number of nitrogen functional groups attached to an aromatic ring is 1. The van der Waals surface area contributed by atoms with Crippen molar-refractivity contribution in [1.82, 2.24) is 0 Å². The Kier molecular flexibility index (Phi) is 3.30. The fourth-order valence-electron chi connectivity index (χ4n) is 1.43. The van der Waals surface area contributed by atoms with Gasteiger partial charge in [-0.3, -0.25) is 0 Å². The van der Waals surface area contributed by atoms with Gasteiger partial charge >= 0.3 is 5.97 Å². The zero-order valence-electron chi connectivity index (χ0n) is 9.22. The van der Waals surface area contributed by atoms with Crippen LogP contribution in [0.15, 0.2) is 11.0 Å². The van der Waals surface area contributed by atoms with E-state index in [0.29, 0.717) is 5.56 Å². The number of rotatable bonds is 3. The van der Waals surface area contributed by atoms with Gasteiger partial charge in [-0.2, -0.15) is 0 Å². The minimum absolute atomic E-state index is 0.0431. The number of hydrogen-bond donors (Lipinski definition) is 3. The average molecular weight is 260 g/mol. The molecule has 0 radical (unpaired) electrons. The molecule has 0 amide bonds. The highest BCUT2D eigenvalue weighted by Gasteiger charge is 2.27. The van der Waals surface area contributed by atoms with Crippen molar-refractivity contribution in [2.75, 3.05) is 12.8 Å². The van der Waals surface area contributed by atoms with Gasteiger partial charge in [-0.25, -0.2) is 18.4 Å². The summed E-state index contributed by atoms with van der Waals surface area (Å²) >= 11 is 0. The molecule has 0 fully saturated rings. The van der Waals surface area contributed by atoms with Gasteiger partial charge in [-0.1, -0.05) is 0 Å². The second-order valence-electron chi connectivity index (χ2n) is 3.37. The minimum Gasteiger partial charge on any atom is -0.493 e. The number of aryl methyl sites for hydroxylation is 1. The Morgan fingerprint density at radius 3 is 2.35 bits per heavy atom. The van der Waals surface area contributed by atoms with Crippen LogP contribution in [0.5, 0.6) is 5.75 Å². The van der Waals surface area contributed by atoms with Crippen LogP contribution in [0.25, 0.3) is 0 Å². The lowest BCUT2D eigenvalue weighted by atomic mass is 10.1. The fraction of sp³-hybridized carbons (Fsp3) is 0.222. The van der Waals surface area contributed by atoms with Crippen molar-refractivity contribution in [3.05, 3.63) is 17.2 Å². The number of aromatic carboxylic acids is 1. The highest BCUT2D eigenvalue weighted by atomic mass is 32.2. The highest BCUT2D eigenvalue weighted by molar-refractivity contribution is 7.89. The average Bonchev–Trinajstić information content (AvgIpc) is 2.19. The van der Waals surface area contributed by atoms with E-state index in [2.05, 4.69) is 0 Å². The predicted molar refractivity (Wildman–Crippen MR) is 60.5 cm³/mol. The number of hydrogen-bond acceptors (Lipinski definition) is 5. The summed E-state index contributed by atoms with van der Waals surface area (Å²) in [5.74, 6) is -1.67. The maximum atomic E-state index is 11.4. The van der Waals surface area contributed by atoms with Crippen LogP contribution in [-0.2, 0) is 10.0 Å². The molecule has 0 spiro atoms. The third kappa shape index (κ3) is 2.32. The van der Waals surface area contributed by atoms with Gasteiger partial charge in [-0.15, -0.1) is 0 Å². The molecule has 0 aliphatic heterocycles. The number of nitrogens with two attached hydrogens (primary N) is 2. The summed E-state index contributed by atoms with van der Waals surface area (Å²) in [5.41, 5.74) is 5.60. The molecule has 94 valence electrons. The van der Waals surface area contributed by atoms with Gasteiger partial charge in [0.15, 0.2) is 5.75 Å². The Morgan fingerprint density at radius 1 is 1.47 bits per heavy atom. The van der Waals surface area contributed by atoms with Gasteiger partial charge in [0.1, 0.15) is 4.90 Å². The van der Waals surface area contributed by atoms with Gasteiger partial charge in [0.2, 0.25) is 10.0 Å². The third-order valence-corrected chi connectivity index (χ3v) is 3.17. The molecular formula is C9H12N2O5S. The molecule has 0 heterocycles. The first-order chi connectivity index (χ1) is 7.70. The maximum absolute atomic E-state index is 11.4. The lowest BCUT2D eigenvalue weighted by Crippen LogP contribution is -2.19. The van der Waals surface area contributed by atoms with Crippen molar-refractivity contribution in [1.29, 1.82) is 0 Å². The van der Waals surface area contributed by atoms with E-state index in [4.69, 9.17) is 20.7 Å². The van der Waals surface area contributed by atoms with Gasteiger partial charge in [0.05, 0.1) is 18.4 Å². The van der Waals surface area contributed by atoms with Gasteiger partial charge in [0, 0.05) is 0 Å².